The van der Waals surface area contributed by atoms with Crippen molar-refractivity contribution in [3.8, 4) is 0 Å². The van der Waals surface area contributed by atoms with Crippen LogP contribution in [0.25, 0.3) is 0 Å². The van der Waals surface area contributed by atoms with E-state index in [1.54, 1.807) is 0 Å². The van der Waals surface area contributed by atoms with Gasteiger partial charge in [-0.3, -0.25) is 4.79 Å². The third-order valence-corrected chi connectivity index (χ3v) is 5.39. The molecule has 1 fully saturated rings. The van der Waals surface area contributed by atoms with Crippen LogP contribution in [0, 0.1) is 11.8 Å². The van der Waals surface area contributed by atoms with Gasteiger partial charge in [0.15, 0.2) is 9.84 Å². The Morgan fingerprint density at radius 1 is 1.47 bits per heavy atom. The summed E-state index contributed by atoms with van der Waals surface area (Å²) >= 11 is 0. The zero-order valence-electron chi connectivity index (χ0n) is 12.1. The predicted molar refractivity (Wildman–Crippen MR) is 76.4 cm³/mol. The molecule has 0 saturated carbocycles. The van der Waals surface area contributed by atoms with E-state index in [1.165, 1.54) is 0 Å². The van der Waals surface area contributed by atoms with Crippen molar-refractivity contribution in [1.82, 2.24) is 5.32 Å². The van der Waals surface area contributed by atoms with Gasteiger partial charge in [0.2, 0.25) is 5.91 Å². The van der Waals surface area contributed by atoms with Crippen molar-refractivity contribution in [3.05, 3.63) is 0 Å². The van der Waals surface area contributed by atoms with E-state index < -0.39 is 15.4 Å². The van der Waals surface area contributed by atoms with E-state index in [4.69, 9.17) is 5.73 Å². The lowest BCUT2D eigenvalue weighted by atomic mass is 9.90. The largest absolute Gasteiger partial charge is 0.350 e. The molecule has 1 amide bonds. The van der Waals surface area contributed by atoms with Crippen molar-refractivity contribution in [2.45, 2.75) is 45.6 Å². The summed E-state index contributed by atoms with van der Waals surface area (Å²) in [6.07, 6.45) is 1.70. The molecule has 1 aliphatic heterocycles. The molecule has 3 N–H and O–H groups in total. The number of nitrogens with one attached hydrogen (secondary N) is 1. The fourth-order valence-corrected chi connectivity index (χ4v) is 4.63. The van der Waals surface area contributed by atoms with Crippen LogP contribution in [0.1, 0.15) is 40.0 Å². The molecule has 0 radical (unpaired) electrons. The smallest absolute Gasteiger partial charge is 0.220 e. The Labute approximate surface area is 116 Å². The first kappa shape index (κ1) is 16.4. The molecule has 0 aromatic rings. The Kier molecular flexibility index (Phi) is 5.38. The van der Waals surface area contributed by atoms with Crippen LogP contribution in [-0.4, -0.2) is 37.9 Å². The van der Waals surface area contributed by atoms with Crippen LogP contribution < -0.4 is 11.1 Å². The monoisotopic (exact) mass is 290 g/mol. The van der Waals surface area contributed by atoms with E-state index in [1.807, 2.05) is 6.92 Å². The van der Waals surface area contributed by atoms with Crippen LogP contribution in [0.3, 0.4) is 0 Å². The van der Waals surface area contributed by atoms with Crippen LogP contribution in [0.15, 0.2) is 0 Å². The molecular formula is C13H26N2O3S. The number of carbonyl (C=O) groups excluding carboxylic acids is 1. The van der Waals surface area contributed by atoms with Crippen molar-refractivity contribution in [2.75, 3.05) is 18.1 Å². The highest BCUT2D eigenvalue weighted by atomic mass is 32.2. The first-order valence-electron chi connectivity index (χ1n) is 6.87. The summed E-state index contributed by atoms with van der Waals surface area (Å²) < 4.78 is 22.7. The summed E-state index contributed by atoms with van der Waals surface area (Å²) in [6.45, 7) is 6.50. The van der Waals surface area contributed by atoms with Crippen LogP contribution >= 0.6 is 0 Å². The molecule has 112 valence electrons. The van der Waals surface area contributed by atoms with Gasteiger partial charge < -0.3 is 11.1 Å². The topological polar surface area (TPSA) is 89.3 Å². The number of sulfone groups is 1. The molecule has 0 bridgehead atoms. The summed E-state index contributed by atoms with van der Waals surface area (Å²) in [7, 11) is -2.91. The van der Waals surface area contributed by atoms with Crippen molar-refractivity contribution in [3.63, 3.8) is 0 Å². The molecule has 0 aromatic heterocycles. The molecule has 2 unspecified atom stereocenters. The minimum atomic E-state index is -2.91. The average molecular weight is 290 g/mol. The van der Waals surface area contributed by atoms with Crippen LogP contribution in [0.5, 0.6) is 0 Å². The standard InChI is InChI=1S/C13H26N2O3S/c1-10(2)7-13(3,9-14)15-12(16)6-11-4-5-19(17,18)8-11/h10-11H,4-9,14H2,1-3H3,(H,15,16). The third kappa shape index (κ3) is 5.48. The third-order valence-electron chi connectivity index (χ3n) is 3.55. The van der Waals surface area contributed by atoms with E-state index >= 15 is 0 Å². The first-order valence-corrected chi connectivity index (χ1v) is 8.69. The van der Waals surface area contributed by atoms with Crippen molar-refractivity contribution in [1.29, 1.82) is 0 Å². The minimum Gasteiger partial charge on any atom is -0.350 e. The Balaban J connectivity index is 2.50. The highest BCUT2D eigenvalue weighted by Crippen LogP contribution is 2.22. The van der Waals surface area contributed by atoms with Gasteiger partial charge in [-0.1, -0.05) is 13.8 Å². The van der Waals surface area contributed by atoms with Gasteiger partial charge in [0.1, 0.15) is 0 Å². The Morgan fingerprint density at radius 3 is 2.53 bits per heavy atom. The molecule has 0 aliphatic carbocycles. The van der Waals surface area contributed by atoms with Gasteiger partial charge in [-0.15, -0.1) is 0 Å². The fraction of sp³-hybridized carbons (Fsp3) is 0.923. The van der Waals surface area contributed by atoms with Gasteiger partial charge in [0, 0.05) is 18.5 Å². The second-order valence-corrected chi connectivity index (χ2v) is 8.61. The molecule has 1 heterocycles. The number of hydrogen-bond acceptors (Lipinski definition) is 4. The maximum Gasteiger partial charge on any atom is 0.220 e. The zero-order valence-corrected chi connectivity index (χ0v) is 12.9. The van der Waals surface area contributed by atoms with Gasteiger partial charge in [0.05, 0.1) is 11.5 Å². The molecular weight excluding hydrogens is 264 g/mol. The molecule has 0 aromatic carbocycles. The van der Waals surface area contributed by atoms with Gasteiger partial charge in [-0.2, -0.15) is 0 Å². The molecule has 2 atom stereocenters. The quantitative estimate of drug-likeness (QED) is 0.753. The molecule has 19 heavy (non-hydrogen) atoms. The second kappa shape index (κ2) is 6.22. The second-order valence-electron chi connectivity index (χ2n) is 6.38. The lowest BCUT2D eigenvalue weighted by Crippen LogP contribution is -2.52. The average Bonchev–Trinajstić information content (AvgIpc) is 2.56. The summed E-state index contributed by atoms with van der Waals surface area (Å²) in [5.74, 6) is 0.678. The number of hydrogen-bond donors (Lipinski definition) is 2. The van der Waals surface area contributed by atoms with Gasteiger partial charge in [0.25, 0.3) is 0 Å². The number of rotatable bonds is 6. The zero-order chi connectivity index (χ0) is 14.7. The molecule has 1 rings (SSSR count). The number of nitrogens with two attached hydrogens (primary N) is 1. The minimum absolute atomic E-state index is 0.0360. The fourth-order valence-electron chi connectivity index (χ4n) is 2.77. The van der Waals surface area contributed by atoms with Crippen LogP contribution in [-0.2, 0) is 14.6 Å². The molecule has 5 nitrogen and oxygen atoms in total. The van der Waals surface area contributed by atoms with Gasteiger partial charge in [-0.05, 0) is 31.6 Å². The Bertz CT molecular complexity index is 420. The molecule has 0 spiro atoms. The van der Waals surface area contributed by atoms with Gasteiger partial charge >= 0.3 is 0 Å². The molecule has 1 aliphatic rings. The van der Waals surface area contributed by atoms with E-state index in [2.05, 4.69) is 19.2 Å². The normalized spacial score (nSPS) is 25.2. The van der Waals surface area contributed by atoms with Crippen molar-refractivity contribution in [2.24, 2.45) is 17.6 Å². The lowest BCUT2D eigenvalue weighted by Gasteiger charge is -2.31. The number of amides is 1. The predicted octanol–water partition coefficient (Wildman–Crippen LogP) is 0.691. The summed E-state index contributed by atoms with van der Waals surface area (Å²) in [5.41, 5.74) is 5.34. The van der Waals surface area contributed by atoms with E-state index in [0.717, 1.165) is 6.42 Å². The Morgan fingerprint density at radius 2 is 2.11 bits per heavy atom. The highest BCUT2D eigenvalue weighted by molar-refractivity contribution is 7.91. The summed E-state index contributed by atoms with van der Waals surface area (Å²) in [4.78, 5) is 12.0. The summed E-state index contributed by atoms with van der Waals surface area (Å²) in [6, 6.07) is 0. The van der Waals surface area contributed by atoms with Crippen molar-refractivity contribution < 1.29 is 13.2 Å². The molecule has 6 heteroatoms. The molecule has 1 saturated heterocycles. The Hall–Kier alpha value is -0.620. The van der Waals surface area contributed by atoms with E-state index in [-0.39, 0.29) is 29.8 Å². The van der Waals surface area contributed by atoms with Crippen LogP contribution in [0.2, 0.25) is 0 Å². The SMILES string of the molecule is CC(C)CC(C)(CN)NC(=O)CC1CCS(=O)(=O)C1. The van der Waals surface area contributed by atoms with Gasteiger partial charge in [-0.25, -0.2) is 8.42 Å². The maximum absolute atomic E-state index is 12.0. The highest BCUT2D eigenvalue weighted by Gasteiger charge is 2.31. The summed E-state index contributed by atoms with van der Waals surface area (Å²) in [5, 5.41) is 2.97. The van der Waals surface area contributed by atoms with E-state index in [9.17, 15) is 13.2 Å². The lowest BCUT2D eigenvalue weighted by molar-refractivity contribution is -0.123. The first-order chi connectivity index (χ1) is 8.66. The van der Waals surface area contributed by atoms with Crippen molar-refractivity contribution >= 4 is 15.7 Å². The number of carbonyl (C=O) groups is 1. The maximum atomic E-state index is 12.0. The van der Waals surface area contributed by atoms with Crippen LogP contribution in [0.4, 0.5) is 0 Å². The van der Waals surface area contributed by atoms with E-state index in [0.29, 0.717) is 18.9 Å².